The minimum Gasteiger partial charge on any atom is -0.425 e. The Bertz CT molecular complexity index is 984. The van der Waals surface area contributed by atoms with Crippen LogP contribution >= 0.6 is 11.8 Å². The Kier molecular flexibility index (Phi) is 5.22. The monoisotopic (exact) mass is 371 g/mol. The van der Waals surface area contributed by atoms with Crippen LogP contribution in [0.4, 0.5) is 5.69 Å². The lowest BCUT2D eigenvalue weighted by atomic mass is 10.2. The molecule has 134 valence electrons. The van der Waals surface area contributed by atoms with E-state index in [-0.39, 0.29) is 18.0 Å². The molecule has 0 atom stereocenters. The normalized spacial score (nSPS) is 10.8. The predicted molar refractivity (Wildman–Crippen MR) is 100 cm³/mol. The molecule has 0 aliphatic carbocycles. The summed E-state index contributed by atoms with van der Waals surface area (Å²) in [4.78, 5) is 27.4. The third-order valence-corrected chi connectivity index (χ3v) is 4.44. The first-order valence-corrected chi connectivity index (χ1v) is 9.28. The minimum atomic E-state index is -0.465. The first kappa shape index (κ1) is 17.9. The summed E-state index contributed by atoms with van der Waals surface area (Å²) < 4.78 is 7.21. The molecule has 0 radical (unpaired) electrons. The molecule has 7 nitrogen and oxygen atoms in total. The van der Waals surface area contributed by atoms with Gasteiger partial charge in [0, 0.05) is 11.6 Å². The fourth-order valence-electron chi connectivity index (χ4n) is 2.73. The maximum absolute atomic E-state index is 12.4. The maximum Gasteiger partial charge on any atom is 0.331 e. The molecular weight excluding hydrogens is 354 g/mol. The van der Waals surface area contributed by atoms with Crippen LogP contribution in [-0.2, 0) is 17.1 Å². The van der Waals surface area contributed by atoms with Crippen molar-refractivity contribution >= 4 is 34.5 Å². The van der Waals surface area contributed by atoms with Crippen LogP contribution in [0.1, 0.15) is 11.4 Å². The molecule has 0 bridgehead atoms. The largest absolute Gasteiger partial charge is 0.425 e. The Labute approximate surface area is 154 Å². The van der Waals surface area contributed by atoms with Gasteiger partial charge in [-0.15, -0.1) is 0 Å². The molecule has 3 rings (SSSR count). The van der Waals surface area contributed by atoms with Crippen molar-refractivity contribution < 1.29 is 14.5 Å². The number of rotatable bonds is 6. The number of hydrogen-bond acceptors (Lipinski definition) is 6. The van der Waals surface area contributed by atoms with Gasteiger partial charge >= 0.3 is 5.97 Å². The smallest absolute Gasteiger partial charge is 0.331 e. The second kappa shape index (κ2) is 7.57. The van der Waals surface area contributed by atoms with E-state index in [9.17, 15) is 14.9 Å². The molecule has 0 unspecified atom stereocenters. The van der Waals surface area contributed by atoms with Gasteiger partial charge in [0.15, 0.2) is 0 Å². The standard InChI is InChI=1S/C18H17N3O4S/c1-12-9-13(7-8-15(12)21(23)24)25-18(22)10-20-16-6-4-3-5-14(16)19-17(20)11-26-2/h3-9H,10-11H2,1-2H3. The number of aryl methyl sites for hydroxylation is 1. The molecule has 0 aliphatic rings. The number of carbonyl (C=O) groups excluding carboxylic acids is 1. The van der Waals surface area contributed by atoms with Crippen molar-refractivity contribution in [3.63, 3.8) is 0 Å². The summed E-state index contributed by atoms with van der Waals surface area (Å²) in [5, 5.41) is 10.9. The van der Waals surface area contributed by atoms with E-state index < -0.39 is 10.9 Å². The Morgan fingerprint density at radius 2 is 2.08 bits per heavy atom. The third-order valence-electron chi connectivity index (χ3n) is 3.89. The number of nitrogens with zero attached hydrogens (tertiary/aromatic N) is 3. The van der Waals surface area contributed by atoms with E-state index in [0.29, 0.717) is 11.3 Å². The van der Waals surface area contributed by atoms with Gasteiger partial charge < -0.3 is 9.30 Å². The molecule has 0 saturated carbocycles. The van der Waals surface area contributed by atoms with Crippen molar-refractivity contribution in [2.24, 2.45) is 0 Å². The second-order valence-electron chi connectivity index (χ2n) is 5.72. The van der Waals surface area contributed by atoms with Gasteiger partial charge in [0.2, 0.25) is 0 Å². The number of nitro benzene ring substituents is 1. The van der Waals surface area contributed by atoms with E-state index in [1.807, 2.05) is 35.1 Å². The lowest BCUT2D eigenvalue weighted by molar-refractivity contribution is -0.385. The molecular formula is C18H17N3O4S. The van der Waals surface area contributed by atoms with Crippen molar-refractivity contribution in [1.82, 2.24) is 9.55 Å². The number of thioether (sulfide) groups is 1. The van der Waals surface area contributed by atoms with Crippen LogP contribution in [-0.4, -0.2) is 26.7 Å². The molecule has 0 aliphatic heterocycles. The zero-order valence-electron chi connectivity index (χ0n) is 14.3. The number of aromatic nitrogens is 2. The first-order valence-electron chi connectivity index (χ1n) is 7.88. The van der Waals surface area contributed by atoms with Gasteiger partial charge in [-0.05, 0) is 37.4 Å². The Morgan fingerprint density at radius 3 is 2.77 bits per heavy atom. The van der Waals surface area contributed by atoms with Crippen LogP contribution in [0.3, 0.4) is 0 Å². The summed E-state index contributed by atoms with van der Waals surface area (Å²) in [6, 6.07) is 11.9. The molecule has 1 heterocycles. The summed E-state index contributed by atoms with van der Waals surface area (Å²) in [5.74, 6) is 1.31. The first-order chi connectivity index (χ1) is 12.5. The molecule has 1 aromatic heterocycles. The van der Waals surface area contributed by atoms with Crippen molar-refractivity contribution in [3.8, 4) is 5.75 Å². The Hall–Kier alpha value is -2.87. The molecule has 0 spiro atoms. The number of carbonyl (C=O) groups is 1. The molecule has 0 amide bonds. The minimum absolute atomic E-state index is 0.00680. The fourth-order valence-corrected chi connectivity index (χ4v) is 3.21. The number of esters is 1. The summed E-state index contributed by atoms with van der Waals surface area (Å²) in [6.07, 6.45) is 1.97. The highest BCUT2D eigenvalue weighted by atomic mass is 32.2. The molecule has 0 fully saturated rings. The van der Waals surface area contributed by atoms with Crippen molar-refractivity contribution in [1.29, 1.82) is 0 Å². The summed E-state index contributed by atoms with van der Waals surface area (Å²) in [6.45, 7) is 1.63. The molecule has 26 heavy (non-hydrogen) atoms. The van der Waals surface area contributed by atoms with Crippen LogP contribution in [0.25, 0.3) is 11.0 Å². The maximum atomic E-state index is 12.4. The van der Waals surface area contributed by atoms with Crippen LogP contribution in [0.5, 0.6) is 5.75 Å². The second-order valence-corrected chi connectivity index (χ2v) is 6.58. The van der Waals surface area contributed by atoms with Gasteiger partial charge in [0.25, 0.3) is 5.69 Å². The van der Waals surface area contributed by atoms with E-state index in [4.69, 9.17) is 4.74 Å². The fraction of sp³-hybridized carbons (Fsp3) is 0.222. The SMILES string of the molecule is CSCc1nc2ccccc2n1CC(=O)Oc1ccc([N+](=O)[O-])c(C)c1. The summed E-state index contributed by atoms with van der Waals surface area (Å²) in [7, 11) is 0. The summed E-state index contributed by atoms with van der Waals surface area (Å²) in [5.41, 5.74) is 2.13. The van der Waals surface area contributed by atoms with Gasteiger partial charge in [-0.2, -0.15) is 11.8 Å². The van der Waals surface area contributed by atoms with Crippen LogP contribution in [0, 0.1) is 17.0 Å². The number of imidazole rings is 1. The van der Waals surface area contributed by atoms with Crippen LogP contribution < -0.4 is 4.74 Å². The van der Waals surface area contributed by atoms with Gasteiger partial charge in [0.05, 0.1) is 21.7 Å². The van der Waals surface area contributed by atoms with Gasteiger partial charge in [-0.25, -0.2) is 9.78 Å². The average Bonchev–Trinajstić information content (AvgIpc) is 2.92. The number of para-hydroxylation sites is 2. The van der Waals surface area contributed by atoms with Crippen molar-refractivity contribution in [2.45, 2.75) is 19.2 Å². The zero-order chi connectivity index (χ0) is 18.7. The number of benzene rings is 2. The van der Waals surface area contributed by atoms with Crippen LogP contribution in [0.15, 0.2) is 42.5 Å². The lowest BCUT2D eigenvalue weighted by Gasteiger charge is -2.09. The molecule has 8 heteroatoms. The highest BCUT2D eigenvalue weighted by Gasteiger charge is 2.16. The van der Waals surface area contributed by atoms with Gasteiger partial charge in [0.1, 0.15) is 18.1 Å². The van der Waals surface area contributed by atoms with Crippen molar-refractivity contribution in [3.05, 3.63) is 64.0 Å². The number of hydrogen-bond donors (Lipinski definition) is 0. The van der Waals surface area contributed by atoms with E-state index in [0.717, 1.165) is 16.9 Å². The highest BCUT2D eigenvalue weighted by Crippen LogP contribution is 2.24. The zero-order valence-corrected chi connectivity index (χ0v) is 15.2. The van der Waals surface area contributed by atoms with Gasteiger partial charge in [-0.1, -0.05) is 12.1 Å². The third kappa shape index (κ3) is 3.70. The molecule has 3 aromatic rings. The Morgan fingerprint density at radius 1 is 1.31 bits per heavy atom. The van der Waals surface area contributed by atoms with E-state index >= 15 is 0 Å². The van der Waals surface area contributed by atoms with E-state index in [1.165, 1.54) is 18.2 Å². The molecule has 0 saturated heterocycles. The Balaban J connectivity index is 1.82. The predicted octanol–water partition coefficient (Wildman–Crippen LogP) is 3.72. The lowest BCUT2D eigenvalue weighted by Crippen LogP contribution is -2.18. The number of nitro groups is 1. The quantitative estimate of drug-likeness (QED) is 0.284. The van der Waals surface area contributed by atoms with Crippen LogP contribution in [0.2, 0.25) is 0 Å². The highest BCUT2D eigenvalue weighted by molar-refractivity contribution is 7.97. The van der Waals surface area contributed by atoms with Crippen molar-refractivity contribution in [2.75, 3.05) is 6.26 Å². The number of fused-ring (bicyclic) bond motifs is 1. The van der Waals surface area contributed by atoms with Gasteiger partial charge in [-0.3, -0.25) is 10.1 Å². The van der Waals surface area contributed by atoms with E-state index in [1.54, 1.807) is 18.7 Å². The average molecular weight is 371 g/mol. The van der Waals surface area contributed by atoms with E-state index in [2.05, 4.69) is 4.98 Å². The summed E-state index contributed by atoms with van der Waals surface area (Å²) >= 11 is 1.62. The topological polar surface area (TPSA) is 87.3 Å². The number of ether oxygens (including phenoxy) is 1. The molecule has 0 N–H and O–H groups in total. The molecule has 2 aromatic carbocycles.